The molecular weight excluding hydrogens is 220 g/mol. The Morgan fingerprint density at radius 1 is 1.59 bits per heavy atom. The average Bonchev–Trinajstić information content (AvgIpc) is 2.86. The van der Waals surface area contributed by atoms with Crippen LogP contribution in [0.1, 0.15) is 28.8 Å². The summed E-state index contributed by atoms with van der Waals surface area (Å²) in [7, 11) is 0. The molecule has 0 aliphatic carbocycles. The van der Waals surface area contributed by atoms with Crippen molar-refractivity contribution in [2.24, 2.45) is 5.73 Å². The Kier molecular flexibility index (Phi) is 2.86. The lowest BCUT2D eigenvalue weighted by Crippen LogP contribution is -2.34. The molecule has 4 N–H and O–H groups in total. The predicted octanol–water partition coefficient (Wildman–Crippen LogP) is 1.38. The molecule has 2 aromatic heterocycles. The molecule has 1 atom stereocenters. The SMILES string of the molecule is Cc1n[nH]c(C)c1[C@@H](NC(N)=O)c1ccco1. The summed E-state index contributed by atoms with van der Waals surface area (Å²) in [6, 6.07) is 2.52. The molecule has 0 spiro atoms. The van der Waals surface area contributed by atoms with Crippen LogP contribution >= 0.6 is 0 Å². The molecule has 90 valence electrons. The van der Waals surface area contributed by atoms with E-state index in [0.717, 1.165) is 17.0 Å². The van der Waals surface area contributed by atoms with Gasteiger partial charge in [-0.15, -0.1) is 0 Å². The molecule has 0 saturated heterocycles. The molecule has 0 aliphatic rings. The zero-order valence-corrected chi connectivity index (χ0v) is 9.65. The monoisotopic (exact) mass is 234 g/mol. The Hall–Kier alpha value is -2.24. The van der Waals surface area contributed by atoms with E-state index >= 15 is 0 Å². The molecule has 2 rings (SSSR count). The van der Waals surface area contributed by atoms with Gasteiger partial charge in [-0.1, -0.05) is 0 Å². The van der Waals surface area contributed by atoms with E-state index in [-0.39, 0.29) is 0 Å². The summed E-state index contributed by atoms with van der Waals surface area (Å²) in [5.74, 6) is 0.622. The van der Waals surface area contributed by atoms with Crippen LogP contribution < -0.4 is 11.1 Å². The van der Waals surface area contributed by atoms with Gasteiger partial charge < -0.3 is 15.5 Å². The number of hydrogen-bond acceptors (Lipinski definition) is 3. The fourth-order valence-electron chi connectivity index (χ4n) is 1.87. The van der Waals surface area contributed by atoms with E-state index in [2.05, 4.69) is 15.5 Å². The lowest BCUT2D eigenvalue weighted by Gasteiger charge is -2.15. The third-order valence-electron chi connectivity index (χ3n) is 2.59. The molecule has 0 aromatic carbocycles. The van der Waals surface area contributed by atoms with Crippen LogP contribution in [0, 0.1) is 13.8 Å². The molecule has 2 amide bonds. The third-order valence-corrected chi connectivity index (χ3v) is 2.59. The van der Waals surface area contributed by atoms with Crippen molar-refractivity contribution in [3.8, 4) is 0 Å². The summed E-state index contributed by atoms with van der Waals surface area (Å²) < 4.78 is 5.32. The fourth-order valence-corrected chi connectivity index (χ4v) is 1.87. The van der Waals surface area contributed by atoms with Crippen molar-refractivity contribution in [3.05, 3.63) is 41.1 Å². The minimum Gasteiger partial charge on any atom is -0.467 e. The summed E-state index contributed by atoms with van der Waals surface area (Å²) in [5, 5.41) is 9.62. The molecule has 0 radical (unpaired) electrons. The quantitative estimate of drug-likeness (QED) is 0.748. The predicted molar refractivity (Wildman–Crippen MR) is 61.3 cm³/mol. The standard InChI is InChI=1S/C11H14N4O2/c1-6-9(7(2)15-14-6)10(13-11(12)16)8-4-3-5-17-8/h3-5,10H,1-2H3,(H,14,15)(H3,12,13,16)/t10-/m0/s1. The Bertz CT molecular complexity index is 496. The lowest BCUT2D eigenvalue weighted by molar-refractivity contribution is 0.245. The van der Waals surface area contributed by atoms with Crippen molar-refractivity contribution >= 4 is 6.03 Å². The average molecular weight is 234 g/mol. The van der Waals surface area contributed by atoms with Gasteiger partial charge in [-0.2, -0.15) is 5.10 Å². The molecule has 0 aliphatic heterocycles. The summed E-state index contributed by atoms with van der Waals surface area (Å²) in [4.78, 5) is 11.1. The van der Waals surface area contributed by atoms with Crippen molar-refractivity contribution in [1.82, 2.24) is 15.5 Å². The second-order valence-corrected chi connectivity index (χ2v) is 3.80. The number of hydrogen-bond donors (Lipinski definition) is 3. The number of primary amides is 1. The van der Waals surface area contributed by atoms with Crippen LogP contribution in [-0.2, 0) is 0 Å². The van der Waals surface area contributed by atoms with E-state index < -0.39 is 12.1 Å². The molecular formula is C11H14N4O2. The minimum atomic E-state index is -0.605. The first kappa shape index (κ1) is 11.3. The van der Waals surface area contributed by atoms with E-state index in [1.807, 2.05) is 13.8 Å². The maximum absolute atomic E-state index is 11.1. The Morgan fingerprint density at radius 3 is 2.82 bits per heavy atom. The molecule has 6 heteroatoms. The maximum Gasteiger partial charge on any atom is 0.313 e. The highest BCUT2D eigenvalue weighted by Crippen LogP contribution is 2.26. The zero-order chi connectivity index (χ0) is 12.4. The first-order valence-electron chi connectivity index (χ1n) is 5.20. The van der Waals surface area contributed by atoms with Gasteiger partial charge in [-0.05, 0) is 26.0 Å². The number of aromatic nitrogens is 2. The normalized spacial score (nSPS) is 12.4. The van der Waals surface area contributed by atoms with Crippen molar-refractivity contribution in [2.75, 3.05) is 0 Å². The Morgan fingerprint density at radius 2 is 2.35 bits per heavy atom. The molecule has 6 nitrogen and oxygen atoms in total. The molecule has 17 heavy (non-hydrogen) atoms. The van der Waals surface area contributed by atoms with E-state index in [1.54, 1.807) is 18.4 Å². The van der Waals surface area contributed by atoms with Gasteiger partial charge in [0.25, 0.3) is 0 Å². The molecule has 0 fully saturated rings. The number of urea groups is 1. The first-order chi connectivity index (χ1) is 8.09. The highest BCUT2D eigenvalue weighted by atomic mass is 16.3. The number of H-pyrrole nitrogens is 1. The highest BCUT2D eigenvalue weighted by molar-refractivity contribution is 5.72. The van der Waals surface area contributed by atoms with Crippen LogP contribution in [0.5, 0.6) is 0 Å². The summed E-state index contributed by atoms with van der Waals surface area (Å²) in [5.41, 5.74) is 7.73. The number of amides is 2. The van der Waals surface area contributed by atoms with Crippen LogP contribution in [0.3, 0.4) is 0 Å². The minimum absolute atomic E-state index is 0.416. The fraction of sp³-hybridized carbons (Fsp3) is 0.273. The Balaban J connectivity index is 2.44. The zero-order valence-electron chi connectivity index (χ0n) is 9.65. The summed E-state index contributed by atoms with van der Waals surface area (Å²) >= 11 is 0. The maximum atomic E-state index is 11.1. The number of rotatable bonds is 3. The van der Waals surface area contributed by atoms with Crippen LogP contribution in [0.15, 0.2) is 22.8 Å². The summed E-state index contributed by atoms with van der Waals surface area (Å²) in [6.45, 7) is 3.74. The van der Waals surface area contributed by atoms with Crippen molar-refractivity contribution < 1.29 is 9.21 Å². The van der Waals surface area contributed by atoms with Gasteiger partial charge in [0.15, 0.2) is 0 Å². The van der Waals surface area contributed by atoms with E-state index in [1.165, 1.54) is 0 Å². The van der Waals surface area contributed by atoms with Crippen LogP contribution in [0.25, 0.3) is 0 Å². The highest BCUT2D eigenvalue weighted by Gasteiger charge is 2.23. The number of furan rings is 1. The Labute approximate surface area is 98.2 Å². The molecule has 2 heterocycles. The smallest absolute Gasteiger partial charge is 0.313 e. The first-order valence-corrected chi connectivity index (χ1v) is 5.20. The third kappa shape index (κ3) is 2.15. The topological polar surface area (TPSA) is 96.9 Å². The van der Waals surface area contributed by atoms with Crippen molar-refractivity contribution in [3.63, 3.8) is 0 Å². The van der Waals surface area contributed by atoms with Gasteiger partial charge in [0.2, 0.25) is 0 Å². The van der Waals surface area contributed by atoms with Crippen molar-refractivity contribution in [2.45, 2.75) is 19.9 Å². The van der Waals surface area contributed by atoms with Gasteiger partial charge in [-0.25, -0.2) is 4.79 Å². The van der Waals surface area contributed by atoms with Gasteiger partial charge in [0.05, 0.1) is 12.0 Å². The number of aryl methyl sites for hydroxylation is 2. The van der Waals surface area contributed by atoms with Gasteiger partial charge in [0.1, 0.15) is 11.8 Å². The van der Waals surface area contributed by atoms with Crippen LogP contribution in [-0.4, -0.2) is 16.2 Å². The van der Waals surface area contributed by atoms with E-state index in [0.29, 0.717) is 5.76 Å². The van der Waals surface area contributed by atoms with Crippen LogP contribution in [0.2, 0.25) is 0 Å². The van der Waals surface area contributed by atoms with Crippen LogP contribution in [0.4, 0.5) is 4.79 Å². The second kappa shape index (κ2) is 4.32. The molecule has 0 bridgehead atoms. The number of nitrogens with zero attached hydrogens (tertiary/aromatic N) is 1. The molecule has 0 unspecified atom stereocenters. The van der Waals surface area contributed by atoms with Crippen molar-refractivity contribution in [1.29, 1.82) is 0 Å². The largest absolute Gasteiger partial charge is 0.467 e. The van der Waals surface area contributed by atoms with Gasteiger partial charge >= 0.3 is 6.03 Å². The van der Waals surface area contributed by atoms with Gasteiger partial charge in [-0.3, -0.25) is 5.10 Å². The lowest BCUT2D eigenvalue weighted by atomic mass is 10.0. The van der Waals surface area contributed by atoms with E-state index in [4.69, 9.17) is 10.2 Å². The molecule has 2 aromatic rings. The number of aromatic amines is 1. The summed E-state index contributed by atoms with van der Waals surface area (Å²) in [6.07, 6.45) is 1.55. The number of carbonyl (C=O) groups is 1. The number of nitrogens with one attached hydrogen (secondary N) is 2. The van der Waals surface area contributed by atoms with E-state index in [9.17, 15) is 4.79 Å². The second-order valence-electron chi connectivity index (χ2n) is 3.80. The molecule has 0 saturated carbocycles. The number of nitrogens with two attached hydrogens (primary N) is 1. The number of carbonyl (C=O) groups excluding carboxylic acids is 1. The van der Waals surface area contributed by atoms with Gasteiger partial charge in [0, 0.05) is 11.3 Å².